The number of aryl methyl sites for hydroxylation is 1. The molecule has 1 saturated carbocycles. The smallest absolute Gasteiger partial charge is 0.0590 e. The van der Waals surface area contributed by atoms with E-state index in [1.807, 2.05) is 0 Å². The molecule has 0 spiro atoms. The monoisotopic (exact) mass is 275 g/mol. The summed E-state index contributed by atoms with van der Waals surface area (Å²) in [6, 6.07) is 19.6. The Bertz CT molecular complexity index is 619. The highest BCUT2D eigenvalue weighted by atomic mass is 14.4. The van der Waals surface area contributed by atoms with E-state index >= 15 is 0 Å². The molecule has 1 atom stereocenters. The lowest BCUT2D eigenvalue weighted by Crippen LogP contribution is -2.28. The fourth-order valence-electron chi connectivity index (χ4n) is 3.34. The summed E-state index contributed by atoms with van der Waals surface area (Å²) in [7, 11) is 0. The Morgan fingerprint density at radius 3 is 2.33 bits per heavy atom. The average Bonchev–Trinajstić information content (AvgIpc) is 2.51. The molecule has 2 aromatic rings. The summed E-state index contributed by atoms with van der Waals surface area (Å²) in [6.45, 7) is 4.54. The molecular formula is C21H23+. The quantitative estimate of drug-likeness (QED) is 0.625. The first-order valence-corrected chi connectivity index (χ1v) is 7.94. The zero-order chi connectivity index (χ0) is 14.7. The minimum atomic E-state index is 0.141. The van der Waals surface area contributed by atoms with Gasteiger partial charge in [0.05, 0.1) is 17.7 Å². The summed E-state index contributed by atoms with van der Waals surface area (Å²) in [5.74, 6) is 0. The molecule has 0 aliphatic heterocycles. The number of rotatable bonds is 2. The first kappa shape index (κ1) is 14.0. The van der Waals surface area contributed by atoms with E-state index in [0.717, 1.165) is 0 Å². The van der Waals surface area contributed by atoms with Gasteiger partial charge in [-0.2, -0.15) is 0 Å². The predicted molar refractivity (Wildman–Crippen MR) is 89.3 cm³/mol. The van der Waals surface area contributed by atoms with E-state index in [1.54, 1.807) is 0 Å². The second-order valence-corrected chi connectivity index (χ2v) is 6.37. The van der Waals surface area contributed by atoms with Gasteiger partial charge in [0.25, 0.3) is 0 Å². The molecule has 0 heteroatoms. The molecule has 0 nitrogen and oxygen atoms in total. The molecule has 0 heterocycles. The lowest BCUT2D eigenvalue weighted by molar-refractivity contribution is 0.412. The number of benzene rings is 2. The van der Waals surface area contributed by atoms with Crippen molar-refractivity contribution in [1.82, 2.24) is 0 Å². The van der Waals surface area contributed by atoms with E-state index < -0.39 is 0 Å². The Labute approximate surface area is 128 Å². The maximum atomic E-state index is 3.70. The largest absolute Gasteiger partial charge is 0.188 e. The van der Waals surface area contributed by atoms with Crippen molar-refractivity contribution in [2.45, 2.75) is 44.9 Å². The molecule has 0 aromatic heterocycles. The number of allylic oxidation sites excluding steroid dienone is 1. The molecule has 3 rings (SSSR count). The van der Waals surface area contributed by atoms with E-state index in [9.17, 15) is 0 Å². The van der Waals surface area contributed by atoms with Crippen LogP contribution in [-0.4, -0.2) is 0 Å². The first-order valence-electron chi connectivity index (χ1n) is 7.94. The predicted octanol–water partition coefficient (Wildman–Crippen LogP) is 5.60. The Balaban J connectivity index is 2.01. The van der Waals surface area contributed by atoms with Crippen molar-refractivity contribution in [2.75, 3.05) is 0 Å². The van der Waals surface area contributed by atoms with Crippen LogP contribution in [0.4, 0.5) is 0 Å². The van der Waals surface area contributed by atoms with E-state index in [0.29, 0.717) is 0 Å². The highest BCUT2D eigenvalue weighted by molar-refractivity contribution is 5.39. The van der Waals surface area contributed by atoms with Crippen LogP contribution in [0.2, 0.25) is 0 Å². The van der Waals surface area contributed by atoms with Gasteiger partial charge < -0.3 is 0 Å². The maximum absolute atomic E-state index is 3.70. The summed E-state index contributed by atoms with van der Waals surface area (Å²) in [5.41, 5.74) is 5.57. The lowest BCUT2D eigenvalue weighted by Gasteiger charge is -2.34. The molecule has 0 bridgehead atoms. The van der Waals surface area contributed by atoms with Crippen LogP contribution in [0.25, 0.3) is 0 Å². The van der Waals surface area contributed by atoms with Crippen LogP contribution >= 0.6 is 0 Å². The molecule has 1 aliphatic carbocycles. The molecule has 21 heavy (non-hydrogen) atoms. The molecule has 0 radical (unpaired) electrons. The zero-order valence-electron chi connectivity index (χ0n) is 13.0. The van der Waals surface area contributed by atoms with Crippen LogP contribution in [0.5, 0.6) is 0 Å². The number of hydrogen-bond donors (Lipinski definition) is 0. The fraction of sp³-hybridized carbons (Fsp3) is 0.333. The topological polar surface area (TPSA) is 0 Å². The van der Waals surface area contributed by atoms with Gasteiger partial charge in [-0.3, -0.25) is 0 Å². The SMILES string of the molecule is Cc1ccc(C2(C)CCCCC2=[C+]c2ccccc2)cc1. The normalized spacial score (nSPS) is 23.8. The van der Waals surface area contributed by atoms with Crippen LogP contribution in [0, 0.1) is 13.0 Å². The third kappa shape index (κ3) is 2.91. The van der Waals surface area contributed by atoms with E-state index in [2.05, 4.69) is 74.5 Å². The van der Waals surface area contributed by atoms with Crippen LogP contribution in [0.1, 0.15) is 49.3 Å². The summed E-state index contributed by atoms with van der Waals surface area (Å²) in [4.78, 5) is 0. The third-order valence-corrected chi connectivity index (χ3v) is 4.78. The zero-order valence-corrected chi connectivity index (χ0v) is 13.0. The summed E-state index contributed by atoms with van der Waals surface area (Å²) in [6.07, 6.45) is 8.69. The summed E-state index contributed by atoms with van der Waals surface area (Å²) in [5, 5.41) is 0. The van der Waals surface area contributed by atoms with Crippen LogP contribution < -0.4 is 0 Å². The van der Waals surface area contributed by atoms with Gasteiger partial charge in [-0.1, -0.05) is 36.2 Å². The van der Waals surface area contributed by atoms with Crippen LogP contribution in [-0.2, 0) is 5.41 Å². The highest BCUT2D eigenvalue weighted by Gasteiger charge is 2.36. The molecule has 1 aliphatic rings. The van der Waals surface area contributed by atoms with Crippen LogP contribution in [0.15, 0.2) is 60.2 Å². The Morgan fingerprint density at radius 1 is 0.905 bits per heavy atom. The van der Waals surface area contributed by atoms with Crippen molar-refractivity contribution >= 4 is 0 Å². The van der Waals surface area contributed by atoms with Crippen molar-refractivity contribution in [3.05, 3.63) is 82.9 Å². The van der Waals surface area contributed by atoms with Crippen molar-refractivity contribution in [3.8, 4) is 0 Å². The average molecular weight is 275 g/mol. The molecule has 2 aromatic carbocycles. The minimum Gasteiger partial charge on any atom is -0.0590 e. The fourth-order valence-corrected chi connectivity index (χ4v) is 3.34. The standard InChI is InChI=1S/C21H23/c1-17-11-13-19(14-12-17)21(2)15-7-6-10-20(21)16-18-8-4-3-5-9-18/h3-5,8-9,11-14H,6-7,10,15H2,1-2H3/q+1. The summed E-state index contributed by atoms with van der Waals surface area (Å²) >= 11 is 0. The van der Waals surface area contributed by atoms with Gasteiger partial charge in [-0.15, -0.1) is 0 Å². The molecule has 0 N–H and O–H groups in total. The Kier molecular flexibility index (Phi) is 3.90. The van der Waals surface area contributed by atoms with Crippen molar-refractivity contribution in [2.24, 2.45) is 0 Å². The molecule has 0 amide bonds. The van der Waals surface area contributed by atoms with E-state index in [1.165, 1.54) is 47.9 Å². The highest BCUT2D eigenvalue weighted by Crippen LogP contribution is 2.43. The first-order chi connectivity index (χ1) is 10.2. The van der Waals surface area contributed by atoms with Gasteiger partial charge in [0.15, 0.2) is 5.56 Å². The van der Waals surface area contributed by atoms with Crippen molar-refractivity contribution < 1.29 is 0 Å². The van der Waals surface area contributed by atoms with Crippen molar-refractivity contribution in [1.29, 1.82) is 0 Å². The molecular weight excluding hydrogens is 252 g/mol. The van der Waals surface area contributed by atoms with E-state index in [-0.39, 0.29) is 5.41 Å². The minimum absolute atomic E-state index is 0.141. The lowest BCUT2D eigenvalue weighted by atomic mass is 9.67. The second kappa shape index (κ2) is 5.84. The molecule has 1 fully saturated rings. The van der Waals surface area contributed by atoms with Gasteiger partial charge >= 0.3 is 0 Å². The Hall–Kier alpha value is -1.91. The second-order valence-electron chi connectivity index (χ2n) is 6.37. The molecule has 106 valence electrons. The van der Waals surface area contributed by atoms with Gasteiger partial charge in [-0.25, -0.2) is 0 Å². The van der Waals surface area contributed by atoms with Crippen molar-refractivity contribution in [3.63, 3.8) is 0 Å². The van der Waals surface area contributed by atoms with Gasteiger partial charge in [0.1, 0.15) is 0 Å². The summed E-state index contributed by atoms with van der Waals surface area (Å²) < 4.78 is 0. The maximum Gasteiger partial charge on any atom is 0.188 e. The number of hydrogen-bond acceptors (Lipinski definition) is 0. The molecule has 0 saturated heterocycles. The van der Waals surface area contributed by atoms with E-state index in [4.69, 9.17) is 0 Å². The van der Waals surface area contributed by atoms with Crippen LogP contribution in [0.3, 0.4) is 0 Å². The molecule has 1 unspecified atom stereocenters. The third-order valence-electron chi connectivity index (χ3n) is 4.78. The van der Waals surface area contributed by atoms with Gasteiger partial charge in [0.2, 0.25) is 0 Å². The van der Waals surface area contributed by atoms with Gasteiger partial charge in [-0.05, 0) is 56.9 Å². The Morgan fingerprint density at radius 2 is 1.62 bits per heavy atom. The van der Waals surface area contributed by atoms with Gasteiger partial charge in [0, 0.05) is 11.5 Å².